The maximum absolute atomic E-state index is 6.01. The van der Waals surface area contributed by atoms with Crippen molar-refractivity contribution in [2.24, 2.45) is 5.73 Å². The molecule has 1 aliphatic rings. The molecule has 0 amide bonds. The van der Waals surface area contributed by atoms with Crippen molar-refractivity contribution >= 4 is 22.9 Å². The highest BCUT2D eigenvalue weighted by atomic mass is 35.5. The van der Waals surface area contributed by atoms with Crippen molar-refractivity contribution < 1.29 is 0 Å². The van der Waals surface area contributed by atoms with Gasteiger partial charge in [0.15, 0.2) is 0 Å². The zero-order valence-corrected chi connectivity index (χ0v) is 8.42. The lowest BCUT2D eigenvalue weighted by molar-refractivity contribution is 0.418. The van der Waals surface area contributed by atoms with Gasteiger partial charge >= 0.3 is 0 Å². The Morgan fingerprint density at radius 3 is 2.83 bits per heavy atom. The lowest BCUT2D eigenvalue weighted by Crippen LogP contribution is -2.11. The molecule has 1 saturated carbocycles. The van der Waals surface area contributed by atoms with Crippen LogP contribution in [0.2, 0.25) is 4.34 Å². The topological polar surface area (TPSA) is 26.0 Å². The van der Waals surface area contributed by atoms with Crippen LogP contribution in [0.25, 0.3) is 0 Å². The van der Waals surface area contributed by atoms with E-state index in [2.05, 4.69) is 5.38 Å². The molecule has 1 heterocycles. The number of hydrogen-bond acceptors (Lipinski definition) is 2. The first-order valence-corrected chi connectivity index (χ1v) is 5.54. The minimum atomic E-state index is 0.591. The fraction of sp³-hybridized carbons (Fsp3) is 0.556. The van der Waals surface area contributed by atoms with Crippen molar-refractivity contribution in [1.29, 1.82) is 0 Å². The minimum absolute atomic E-state index is 0.591. The smallest absolute Gasteiger partial charge is 0.0976 e. The molecule has 0 unspecified atom stereocenters. The van der Waals surface area contributed by atoms with Gasteiger partial charge in [0.05, 0.1) is 4.34 Å². The third kappa shape index (κ3) is 1.28. The molecule has 0 aromatic carbocycles. The first-order chi connectivity index (χ1) is 5.83. The average molecular weight is 202 g/mol. The molecule has 0 radical (unpaired) electrons. The van der Waals surface area contributed by atoms with Crippen LogP contribution in [0.3, 0.4) is 0 Å². The normalized spacial score (nSPS) is 17.8. The summed E-state index contributed by atoms with van der Waals surface area (Å²) in [6, 6.07) is 0. The van der Waals surface area contributed by atoms with Crippen molar-refractivity contribution in [3.63, 3.8) is 0 Å². The number of hydrogen-bond donors (Lipinski definition) is 1. The molecular formula is C9H12ClNS. The van der Waals surface area contributed by atoms with Gasteiger partial charge in [-0.15, -0.1) is 11.3 Å². The van der Waals surface area contributed by atoms with E-state index in [0.29, 0.717) is 6.54 Å². The van der Waals surface area contributed by atoms with E-state index in [-0.39, 0.29) is 0 Å². The van der Waals surface area contributed by atoms with Crippen LogP contribution in [-0.2, 0) is 6.54 Å². The average Bonchev–Trinajstić information content (AvgIpc) is 2.29. The number of nitrogens with two attached hydrogens (primary N) is 1. The molecule has 0 saturated heterocycles. The highest BCUT2D eigenvalue weighted by Gasteiger charge is 2.23. The second-order valence-corrected chi connectivity index (χ2v) is 4.76. The summed E-state index contributed by atoms with van der Waals surface area (Å²) >= 11 is 7.63. The van der Waals surface area contributed by atoms with Gasteiger partial charge in [0.25, 0.3) is 0 Å². The van der Waals surface area contributed by atoms with Gasteiger partial charge in [-0.2, -0.15) is 0 Å². The van der Waals surface area contributed by atoms with Gasteiger partial charge in [0.1, 0.15) is 0 Å². The van der Waals surface area contributed by atoms with E-state index in [4.69, 9.17) is 17.3 Å². The Bertz CT molecular complexity index is 278. The molecule has 1 aromatic heterocycles. The van der Waals surface area contributed by atoms with E-state index in [9.17, 15) is 0 Å². The lowest BCUT2D eigenvalue weighted by atomic mass is 9.80. The summed E-state index contributed by atoms with van der Waals surface area (Å²) < 4.78 is 0.888. The van der Waals surface area contributed by atoms with Crippen molar-refractivity contribution in [1.82, 2.24) is 0 Å². The quantitative estimate of drug-likeness (QED) is 0.782. The summed E-state index contributed by atoms with van der Waals surface area (Å²) in [5, 5.41) is 2.17. The molecule has 0 aliphatic heterocycles. The third-order valence-corrected chi connectivity index (χ3v) is 3.94. The van der Waals surface area contributed by atoms with Crippen molar-refractivity contribution in [2.45, 2.75) is 31.7 Å². The van der Waals surface area contributed by atoms with E-state index in [1.54, 1.807) is 11.3 Å². The van der Waals surface area contributed by atoms with Gasteiger partial charge in [-0.3, -0.25) is 0 Å². The zero-order valence-electron chi connectivity index (χ0n) is 6.85. The highest BCUT2D eigenvalue weighted by molar-refractivity contribution is 7.14. The summed E-state index contributed by atoms with van der Waals surface area (Å²) in [5.74, 6) is 0.757. The van der Waals surface area contributed by atoms with Crippen molar-refractivity contribution in [3.05, 3.63) is 20.8 Å². The Morgan fingerprint density at radius 1 is 1.58 bits per heavy atom. The summed E-state index contributed by atoms with van der Waals surface area (Å²) in [5.41, 5.74) is 8.24. The van der Waals surface area contributed by atoms with Gasteiger partial charge in [-0.05, 0) is 35.3 Å². The van der Waals surface area contributed by atoms with E-state index in [1.807, 2.05) is 0 Å². The van der Waals surface area contributed by atoms with Crippen LogP contribution in [0.4, 0.5) is 0 Å². The molecule has 0 spiro atoms. The van der Waals surface area contributed by atoms with Crippen LogP contribution in [0.15, 0.2) is 5.38 Å². The van der Waals surface area contributed by atoms with Gasteiger partial charge < -0.3 is 5.73 Å². The van der Waals surface area contributed by atoms with E-state index in [0.717, 1.165) is 10.3 Å². The monoisotopic (exact) mass is 201 g/mol. The second-order valence-electron chi connectivity index (χ2n) is 3.28. The molecular weight excluding hydrogens is 190 g/mol. The molecule has 3 heteroatoms. The Labute approximate surface area is 81.5 Å². The SMILES string of the molecule is NCc1c(C2CCC2)csc1Cl. The van der Waals surface area contributed by atoms with Crippen LogP contribution < -0.4 is 5.73 Å². The summed E-state index contributed by atoms with van der Waals surface area (Å²) in [6.07, 6.45) is 4.00. The largest absolute Gasteiger partial charge is 0.326 e. The Kier molecular flexibility index (Phi) is 2.40. The maximum atomic E-state index is 6.01. The fourth-order valence-electron chi connectivity index (χ4n) is 1.63. The predicted octanol–water partition coefficient (Wildman–Crippen LogP) is 3.13. The summed E-state index contributed by atoms with van der Waals surface area (Å²) in [4.78, 5) is 0. The standard InChI is InChI=1S/C9H12ClNS/c10-9-7(4-11)8(5-12-9)6-2-1-3-6/h5-6H,1-4,11H2. The first-order valence-electron chi connectivity index (χ1n) is 4.28. The number of thiophene rings is 1. The third-order valence-electron chi connectivity index (χ3n) is 2.62. The molecule has 12 heavy (non-hydrogen) atoms. The molecule has 0 bridgehead atoms. The summed E-state index contributed by atoms with van der Waals surface area (Å²) in [6.45, 7) is 0.591. The van der Waals surface area contributed by atoms with Crippen molar-refractivity contribution in [2.75, 3.05) is 0 Å². The Balaban J connectivity index is 2.29. The van der Waals surface area contributed by atoms with E-state index >= 15 is 0 Å². The van der Waals surface area contributed by atoms with Gasteiger partial charge in [0.2, 0.25) is 0 Å². The van der Waals surface area contributed by atoms with Crippen molar-refractivity contribution in [3.8, 4) is 0 Å². The molecule has 2 N–H and O–H groups in total. The second kappa shape index (κ2) is 3.36. The first kappa shape index (κ1) is 8.54. The molecule has 1 aromatic rings. The number of rotatable bonds is 2. The van der Waals surface area contributed by atoms with Crippen LogP contribution in [0.1, 0.15) is 36.3 Å². The van der Waals surface area contributed by atoms with E-state index < -0.39 is 0 Å². The van der Waals surface area contributed by atoms with Gasteiger partial charge in [-0.25, -0.2) is 0 Å². The van der Waals surface area contributed by atoms with Crippen LogP contribution in [-0.4, -0.2) is 0 Å². The molecule has 1 nitrogen and oxygen atoms in total. The maximum Gasteiger partial charge on any atom is 0.0976 e. The predicted molar refractivity (Wildman–Crippen MR) is 53.8 cm³/mol. The minimum Gasteiger partial charge on any atom is -0.326 e. The lowest BCUT2D eigenvalue weighted by Gasteiger charge is -2.25. The number of halogens is 1. The van der Waals surface area contributed by atoms with Crippen LogP contribution in [0.5, 0.6) is 0 Å². The molecule has 1 fully saturated rings. The molecule has 1 aliphatic carbocycles. The zero-order chi connectivity index (χ0) is 8.55. The van der Waals surface area contributed by atoms with Crippen LogP contribution in [0, 0.1) is 0 Å². The molecule has 2 rings (SSSR count). The van der Waals surface area contributed by atoms with E-state index in [1.165, 1.54) is 30.4 Å². The van der Waals surface area contributed by atoms with Crippen LogP contribution >= 0.6 is 22.9 Å². The Morgan fingerprint density at radius 2 is 2.33 bits per heavy atom. The fourth-order valence-corrected chi connectivity index (χ4v) is 2.86. The molecule has 66 valence electrons. The van der Waals surface area contributed by atoms with Gasteiger partial charge in [0, 0.05) is 6.54 Å². The Hall–Kier alpha value is -0.0500. The summed E-state index contributed by atoms with van der Waals surface area (Å²) in [7, 11) is 0. The molecule has 0 atom stereocenters. The highest BCUT2D eigenvalue weighted by Crippen LogP contribution is 2.42. The van der Waals surface area contributed by atoms with Gasteiger partial charge in [-0.1, -0.05) is 18.0 Å².